The van der Waals surface area contributed by atoms with Crippen molar-refractivity contribution >= 4 is 25.9 Å². The minimum absolute atomic E-state index is 0.0516. The van der Waals surface area contributed by atoms with Gasteiger partial charge in [-0.05, 0) is 24.3 Å². The fraction of sp³-hybridized carbons (Fsp3) is 0. The molecule has 0 aliphatic carbocycles. The van der Waals surface area contributed by atoms with Crippen LogP contribution >= 0.6 is 0 Å². The molecule has 1 rings (SSSR count). The Morgan fingerprint density at radius 3 is 2.00 bits per heavy atom. The van der Waals surface area contributed by atoms with Gasteiger partial charge in [-0.1, -0.05) is 10.5 Å². The van der Waals surface area contributed by atoms with Gasteiger partial charge in [0, 0.05) is 5.41 Å². The molecule has 0 heterocycles. The van der Waals surface area contributed by atoms with Crippen LogP contribution in [-0.2, 0) is 20.2 Å². The number of anilines is 1. The normalized spacial score (nSPS) is 12.1. The first-order valence-electron chi connectivity index (χ1n) is 3.94. The largest absolute Gasteiger partial charge is 0.396 e. The molecule has 16 heavy (non-hydrogen) atoms. The van der Waals surface area contributed by atoms with Crippen LogP contribution in [0.3, 0.4) is 0 Å². The second kappa shape index (κ2) is 4.22. The molecule has 0 saturated carbocycles. The number of nitrogens with one attached hydrogen (secondary N) is 1. The van der Waals surface area contributed by atoms with Gasteiger partial charge in [0.25, 0.3) is 0 Å². The van der Waals surface area contributed by atoms with E-state index in [1.54, 1.807) is 4.72 Å². The van der Waals surface area contributed by atoms with Crippen molar-refractivity contribution in [3.8, 4) is 0 Å². The van der Waals surface area contributed by atoms with Crippen molar-refractivity contribution in [2.24, 2.45) is 0 Å². The van der Waals surface area contributed by atoms with Crippen molar-refractivity contribution in [3.63, 3.8) is 0 Å². The summed E-state index contributed by atoms with van der Waals surface area (Å²) in [5.41, 5.74) is -0.0643. The summed E-state index contributed by atoms with van der Waals surface area (Å²) in [7, 11) is -8.42. The molecular formula is C8H8FNO4S2. The monoisotopic (exact) mass is 264 g/mol. The molecule has 1 aromatic rings. The molecule has 88 valence electrons. The van der Waals surface area contributed by atoms with Gasteiger partial charge in [-0.3, -0.25) is 4.72 Å². The van der Waals surface area contributed by atoms with Crippen LogP contribution in [0.25, 0.3) is 0 Å². The molecule has 1 N–H and O–H groups in total. The van der Waals surface area contributed by atoms with Crippen molar-refractivity contribution in [2.75, 3.05) is 4.72 Å². The average molecular weight is 264 g/mol. The molecule has 0 amide bonds. The minimum atomic E-state index is -4.85. The average Bonchev–Trinajstić information content (AvgIpc) is 2.16. The molecule has 0 fully saturated rings. The molecule has 0 saturated heterocycles. The third-order valence-corrected chi connectivity index (χ3v) is 3.49. The molecule has 0 bridgehead atoms. The van der Waals surface area contributed by atoms with E-state index in [2.05, 4.69) is 6.58 Å². The predicted octanol–water partition coefficient (Wildman–Crippen LogP) is 1.23. The number of benzene rings is 1. The van der Waals surface area contributed by atoms with Crippen LogP contribution in [0.1, 0.15) is 0 Å². The molecule has 0 radical (unpaired) electrons. The lowest BCUT2D eigenvalue weighted by atomic mass is 10.3. The van der Waals surface area contributed by atoms with Gasteiger partial charge in [0.1, 0.15) is 0 Å². The summed E-state index contributed by atoms with van der Waals surface area (Å²) < 4.78 is 56.8. The van der Waals surface area contributed by atoms with E-state index in [0.29, 0.717) is 0 Å². The van der Waals surface area contributed by atoms with Gasteiger partial charge in [0.2, 0.25) is 0 Å². The zero-order chi connectivity index (χ0) is 12.4. The van der Waals surface area contributed by atoms with Crippen molar-refractivity contribution in [3.05, 3.63) is 36.3 Å². The molecule has 8 heteroatoms. The van der Waals surface area contributed by atoms with E-state index in [1.807, 2.05) is 0 Å². The maximum atomic E-state index is 12.2. The van der Waals surface area contributed by atoms with Gasteiger partial charge in [-0.25, -0.2) is 8.42 Å². The van der Waals surface area contributed by atoms with E-state index in [4.69, 9.17) is 0 Å². The number of sulfone groups is 1. The summed E-state index contributed by atoms with van der Waals surface area (Å²) in [5, 5.41) is 0.765. The molecule has 0 aliphatic heterocycles. The minimum Gasteiger partial charge on any atom is -0.257 e. The maximum absolute atomic E-state index is 12.2. The number of hydrogen-bond donors (Lipinski definition) is 1. The van der Waals surface area contributed by atoms with Gasteiger partial charge in [0.05, 0.1) is 10.6 Å². The van der Waals surface area contributed by atoms with Gasteiger partial charge >= 0.3 is 10.4 Å². The van der Waals surface area contributed by atoms with Crippen LogP contribution in [0.5, 0.6) is 0 Å². The Labute approximate surface area is 92.9 Å². The highest BCUT2D eigenvalue weighted by molar-refractivity contribution is 7.94. The van der Waals surface area contributed by atoms with E-state index >= 15 is 0 Å². The Balaban J connectivity index is 3.06. The maximum Gasteiger partial charge on any atom is 0.396 e. The second-order valence-corrected chi connectivity index (χ2v) is 5.75. The number of halogens is 1. The van der Waals surface area contributed by atoms with Gasteiger partial charge in [-0.2, -0.15) is 8.42 Å². The summed E-state index contributed by atoms with van der Waals surface area (Å²) >= 11 is 0. The Morgan fingerprint density at radius 2 is 1.62 bits per heavy atom. The molecule has 0 aliphatic rings. The van der Waals surface area contributed by atoms with Crippen LogP contribution in [0.4, 0.5) is 9.57 Å². The standard InChI is InChI=1S/C8H8FNO4S2/c1-2-15(11,12)8-5-3-7(4-6-8)10-16(9,13)14/h2-6,10H,1H2/i9-1. The van der Waals surface area contributed by atoms with E-state index in [0.717, 1.165) is 29.7 Å². The van der Waals surface area contributed by atoms with E-state index in [1.165, 1.54) is 0 Å². The lowest BCUT2D eigenvalue weighted by molar-refractivity contribution is 0.558. The number of hydrogen-bond acceptors (Lipinski definition) is 4. The third-order valence-electron chi connectivity index (χ3n) is 1.64. The van der Waals surface area contributed by atoms with Crippen LogP contribution in [0.2, 0.25) is 0 Å². The SMILES string of the molecule is C=CS(=O)(=O)c1ccc(NS(=O)(=O)[18F])cc1. The van der Waals surface area contributed by atoms with Crippen molar-refractivity contribution in [1.29, 1.82) is 0 Å². The van der Waals surface area contributed by atoms with Crippen molar-refractivity contribution < 1.29 is 20.7 Å². The van der Waals surface area contributed by atoms with Crippen LogP contribution < -0.4 is 4.72 Å². The Morgan fingerprint density at radius 1 is 1.12 bits per heavy atom. The molecule has 0 spiro atoms. The topological polar surface area (TPSA) is 80.3 Å². The molecule has 1 aromatic carbocycles. The lowest BCUT2D eigenvalue weighted by Gasteiger charge is -2.02. The zero-order valence-electron chi connectivity index (χ0n) is 7.92. The Hall–Kier alpha value is -1.41. The van der Waals surface area contributed by atoms with Crippen molar-refractivity contribution in [2.45, 2.75) is 4.90 Å². The van der Waals surface area contributed by atoms with E-state index in [9.17, 15) is 20.7 Å². The summed E-state index contributed by atoms with van der Waals surface area (Å²) in [6.07, 6.45) is 0. The van der Waals surface area contributed by atoms with Gasteiger partial charge in [0.15, 0.2) is 9.84 Å². The molecule has 0 unspecified atom stereocenters. The van der Waals surface area contributed by atoms with Gasteiger partial charge < -0.3 is 0 Å². The molecule has 0 aromatic heterocycles. The summed E-state index contributed by atoms with van der Waals surface area (Å²) in [4.78, 5) is -0.0516. The second-order valence-electron chi connectivity index (χ2n) is 2.78. The fourth-order valence-electron chi connectivity index (χ4n) is 0.950. The van der Waals surface area contributed by atoms with E-state index < -0.39 is 20.2 Å². The smallest absolute Gasteiger partial charge is 0.257 e. The highest BCUT2D eigenvalue weighted by Crippen LogP contribution is 2.16. The molecule has 5 nitrogen and oxygen atoms in total. The highest BCUT2D eigenvalue weighted by atomic mass is 32.3. The first-order valence-corrected chi connectivity index (χ1v) is 6.87. The summed E-state index contributed by atoms with van der Waals surface area (Å²) in [5.74, 6) is 0. The molecular weight excluding hydrogens is 256 g/mol. The fourth-order valence-corrected chi connectivity index (χ4v) is 2.08. The quantitative estimate of drug-likeness (QED) is 0.829. The van der Waals surface area contributed by atoms with Crippen LogP contribution in [0, 0.1) is 0 Å². The molecule has 0 atom stereocenters. The van der Waals surface area contributed by atoms with Crippen LogP contribution in [0.15, 0.2) is 41.1 Å². The lowest BCUT2D eigenvalue weighted by Crippen LogP contribution is -2.05. The van der Waals surface area contributed by atoms with E-state index in [-0.39, 0.29) is 10.6 Å². The zero-order valence-corrected chi connectivity index (χ0v) is 9.55. The number of rotatable bonds is 4. The van der Waals surface area contributed by atoms with Crippen molar-refractivity contribution in [1.82, 2.24) is 0 Å². The Kier molecular flexibility index (Phi) is 3.34. The Bertz CT molecular complexity index is 589. The predicted molar refractivity (Wildman–Crippen MR) is 57.5 cm³/mol. The van der Waals surface area contributed by atoms with Gasteiger partial charge in [-0.15, -0.1) is 0 Å². The summed E-state index contributed by atoms with van der Waals surface area (Å²) in [6, 6.07) is 4.55. The highest BCUT2D eigenvalue weighted by Gasteiger charge is 2.10. The first kappa shape index (κ1) is 12.7. The summed E-state index contributed by atoms with van der Waals surface area (Å²) in [6.45, 7) is 3.13. The third kappa shape index (κ3) is 3.31. The first-order chi connectivity index (χ1) is 7.24. The van der Waals surface area contributed by atoms with Crippen LogP contribution in [-0.4, -0.2) is 16.8 Å².